The van der Waals surface area contributed by atoms with E-state index in [1.165, 1.54) is 0 Å². The zero-order valence-electron chi connectivity index (χ0n) is 19.6. The molecule has 3 amide bonds. The molecule has 7 nitrogen and oxygen atoms in total. The van der Waals surface area contributed by atoms with Gasteiger partial charge in [-0.2, -0.15) is 0 Å². The maximum atomic E-state index is 13.4. The van der Waals surface area contributed by atoms with Crippen molar-refractivity contribution in [2.75, 3.05) is 11.9 Å². The van der Waals surface area contributed by atoms with Gasteiger partial charge < -0.3 is 10.1 Å². The number of likely N-dealkylation sites (tertiary alicyclic amines) is 1. The summed E-state index contributed by atoms with van der Waals surface area (Å²) in [5, 5.41) is 2.77. The number of ether oxygens (including phenoxy) is 1. The van der Waals surface area contributed by atoms with Gasteiger partial charge in [0.05, 0.1) is 11.8 Å². The quantitative estimate of drug-likeness (QED) is 0.362. The van der Waals surface area contributed by atoms with Crippen molar-refractivity contribution >= 4 is 29.4 Å². The highest BCUT2D eigenvalue weighted by atomic mass is 16.5. The summed E-state index contributed by atoms with van der Waals surface area (Å²) in [5.41, 5.74) is 2.43. The Morgan fingerprint density at radius 3 is 2.26 bits per heavy atom. The first kappa shape index (κ1) is 23.0. The minimum Gasteiger partial charge on any atom is -0.454 e. The van der Waals surface area contributed by atoms with Crippen molar-refractivity contribution in [3.8, 4) is 0 Å². The molecule has 0 unspecified atom stereocenters. The minimum atomic E-state index is -1.11. The lowest BCUT2D eigenvalue weighted by Gasteiger charge is -2.26. The SMILES string of the molecule is CCc1ccccc1NC(=O)COC(=O)[C@H](Cc1ccccc1)N1C(=O)[C@@H]2[C@@H](C1=O)[C@H]1C=C[C@H]2C1. The fourth-order valence-electron chi connectivity index (χ4n) is 5.72. The number of imide groups is 1. The van der Waals surface area contributed by atoms with Crippen LogP contribution < -0.4 is 5.32 Å². The van der Waals surface area contributed by atoms with E-state index in [1.807, 2.05) is 67.6 Å². The Labute approximate surface area is 204 Å². The van der Waals surface area contributed by atoms with Crippen LogP contribution in [0.4, 0.5) is 5.69 Å². The molecule has 2 bridgehead atoms. The Morgan fingerprint density at radius 1 is 0.971 bits per heavy atom. The molecule has 35 heavy (non-hydrogen) atoms. The van der Waals surface area contributed by atoms with Crippen LogP contribution in [-0.4, -0.2) is 41.2 Å². The largest absolute Gasteiger partial charge is 0.454 e. The molecule has 0 radical (unpaired) electrons. The van der Waals surface area contributed by atoms with E-state index in [1.54, 1.807) is 6.07 Å². The third-order valence-electron chi connectivity index (χ3n) is 7.38. The van der Waals surface area contributed by atoms with Crippen molar-refractivity contribution in [2.24, 2.45) is 23.7 Å². The van der Waals surface area contributed by atoms with Crippen LogP contribution in [0, 0.1) is 23.7 Å². The molecule has 1 saturated heterocycles. The Balaban J connectivity index is 1.32. The van der Waals surface area contributed by atoms with Crippen molar-refractivity contribution < 1.29 is 23.9 Å². The Morgan fingerprint density at radius 2 is 1.60 bits per heavy atom. The zero-order valence-corrected chi connectivity index (χ0v) is 19.6. The van der Waals surface area contributed by atoms with Crippen LogP contribution in [0.3, 0.4) is 0 Å². The second-order valence-corrected chi connectivity index (χ2v) is 9.42. The number of rotatable bonds is 8. The molecule has 3 aliphatic rings. The molecule has 1 heterocycles. The molecule has 2 aromatic rings. The van der Waals surface area contributed by atoms with Crippen molar-refractivity contribution in [2.45, 2.75) is 32.2 Å². The third kappa shape index (κ3) is 4.27. The number of esters is 1. The van der Waals surface area contributed by atoms with Gasteiger partial charge in [-0.15, -0.1) is 0 Å². The van der Waals surface area contributed by atoms with Gasteiger partial charge >= 0.3 is 5.97 Å². The first-order chi connectivity index (χ1) is 17.0. The highest BCUT2D eigenvalue weighted by Gasteiger charge is 2.61. The second-order valence-electron chi connectivity index (χ2n) is 9.42. The van der Waals surface area contributed by atoms with E-state index in [0.717, 1.165) is 28.9 Å². The van der Waals surface area contributed by atoms with Crippen LogP contribution in [0.2, 0.25) is 0 Å². The molecule has 2 aliphatic carbocycles. The number of carbonyl (C=O) groups excluding carboxylic acids is 4. The molecular weight excluding hydrogens is 444 g/mol. The molecule has 1 N–H and O–H groups in total. The smallest absolute Gasteiger partial charge is 0.330 e. The number of para-hydroxylation sites is 1. The number of benzene rings is 2. The predicted molar refractivity (Wildman–Crippen MR) is 129 cm³/mol. The fraction of sp³-hybridized carbons (Fsp3) is 0.357. The van der Waals surface area contributed by atoms with E-state index >= 15 is 0 Å². The number of carbonyl (C=O) groups is 4. The number of anilines is 1. The second kappa shape index (κ2) is 9.49. The van der Waals surface area contributed by atoms with Gasteiger partial charge in [0.25, 0.3) is 5.91 Å². The van der Waals surface area contributed by atoms with Crippen molar-refractivity contribution in [3.05, 3.63) is 77.9 Å². The molecule has 5 rings (SSSR count). The topological polar surface area (TPSA) is 92.8 Å². The number of nitrogens with zero attached hydrogens (tertiary/aromatic N) is 1. The first-order valence-electron chi connectivity index (χ1n) is 12.1. The Bertz CT molecular complexity index is 1160. The third-order valence-corrected chi connectivity index (χ3v) is 7.38. The molecule has 5 atom stereocenters. The lowest BCUT2D eigenvalue weighted by atomic mass is 9.85. The Hall–Kier alpha value is -3.74. The van der Waals surface area contributed by atoms with Gasteiger partial charge in [-0.05, 0) is 41.9 Å². The van der Waals surface area contributed by atoms with Gasteiger partial charge in [0, 0.05) is 12.1 Å². The molecule has 1 aliphatic heterocycles. The number of fused-ring (bicyclic) bond motifs is 5. The van der Waals surface area contributed by atoms with E-state index < -0.39 is 36.4 Å². The van der Waals surface area contributed by atoms with Gasteiger partial charge in [0.1, 0.15) is 6.04 Å². The summed E-state index contributed by atoms with van der Waals surface area (Å²) in [7, 11) is 0. The number of hydrogen-bond acceptors (Lipinski definition) is 5. The summed E-state index contributed by atoms with van der Waals surface area (Å²) in [6, 6.07) is 15.5. The average Bonchev–Trinajstić information content (AvgIpc) is 3.56. The summed E-state index contributed by atoms with van der Waals surface area (Å²) in [5.74, 6) is -2.57. The van der Waals surface area contributed by atoms with Crippen molar-refractivity contribution in [3.63, 3.8) is 0 Å². The predicted octanol–water partition coefficient (Wildman–Crippen LogP) is 3.15. The number of allylic oxidation sites excluding steroid dienone is 2. The molecular formula is C28H28N2O5. The first-order valence-corrected chi connectivity index (χ1v) is 12.1. The van der Waals surface area contributed by atoms with Crippen LogP contribution in [0.1, 0.15) is 24.5 Å². The average molecular weight is 473 g/mol. The summed E-state index contributed by atoms with van der Waals surface area (Å²) in [6.45, 7) is 1.48. The number of aryl methyl sites for hydroxylation is 1. The van der Waals surface area contributed by atoms with E-state index in [-0.39, 0.29) is 30.1 Å². The van der Waals surface area contributed by atoms with E-state index in [2.05, 4.69) is 5.32 Å². The monoisotopic (exact) mass is 472 g/mol. The number of nitrogens with one attached hydrogen (secondary N) is 1. The van der Waals surface area contributed by atoms with Gasteiger partial charge in [0.15, 0.2) is 6.61 Å². The summed E-state index contributed by atoms with van der Waals surface area (Å²) >= 11 is 0. The zero-order chi connectivity index (χ0) is 24.5. The lowest BCUT2D eigenvalue weighted by molar-refractivity contribution is -0.160. The number of amides is 3. The van der Waals surface area contributed by atoms with E-state index in [0.29, 0.717) is 5.69 Å². The summed E-state index contributed by atoms with van der Waals surface area (Å²) < 4.78 is 5.37. The van der Waals surface area contributed by atoms with Gasteiger partial charge in [0.2, 0.25) is 11.8 Å². The van der Waals surface area contributed by atoms with Crippen LogP contribution in [-0.2, 0) is 36.8 Å². The summed E-state index contributed by atoms with van der Waals surface area (Å²) in [4.78, 5) is 53.6. The molecule has 180 valence electrons. The van der Waals surface area contributed by atoms with E-state index in [4.69, 9.17) is 4.74 Å². The maximum absolute atomic E-state index is 13.4. The molecule has 7 heteroatoms. The van der Waals surface area contributed by atoms with Gasteiger partial charge in [-0.25, -0.2) is 4.79 Å². The minimum absolute atomic E-state index is 0.0456. The molecule has 2 aromatic carbocycles. The summed E-state index contributed by atoms with van der Waals surface area (Å²) in [6.07, 6.45) is 5.73. The molecule has 2 fully saturated rings. The van der Waals surface area contributed by atoms with Gasteiger partial charge in [-0.1, -0.05) is 67.6 Å². The van der Waals surface area contributed by atoms with Gasteiger partial charge in [-0.3, -0.25) is 19.3 Å². The highest BCUT2D eigenvalue weighted by molar-refractivity contribution is 6.09. The normalized spacial score (nSPS) is 25.0. The van der Waals surface area contributed by atoms with E-state index in [9.17, 15) is 19.2 Å². The van der Waals surface area contributed by atoms with Crippen LogP contribution in [0.25, 0.3) is 0 Å². The van der Waals surface area contributed by atoms with Crippen LogP contribution in [0.15, 0.2) is 66.7 Å². The van der Waals surface area contributed by atoms with Crippen LogP contribution >= 0.6 is 0 Å². The highest BCUT2D eigenvalue weighted by Crippen LogP contribution is 2.53. The number of hydrogen-bond donors (Lipinski definition) is 1. The maximum Gasteiger partial charge on any atom is 0.330 e. The lowest BCUT2D eigenvalue weighted by Crippen LogP contribution is -2.48. The van der Waals surface area contributed by atoms with Crippen molar-refractivity contribution in [1.82, 2.24) is 4.90 Å². The molecule has 0 aromatic heterocycles. The van der Waals surface area contributed by atoms with Crippen LogP contribution in [0.5, 0.6) is 0 Å². The fourth-order valence-corrected chi connectivity index (χ4v) is 5.72. The molecule has 1 saturated carbocycles. The Kier molecular flexibility index (Phi) is 6.24. The van der Waals surface area contributed by atoms with Crippen molar-refractivity contribution in [1.29, 1.82) is 0 Å². The molecule has 0 spiro atoms. The standard InChI is InChI=1S/C28H28N2O5/c1-2-18-10-6-7-11-21(18)29-23(31)16-35-28(34)22(14-17-8-4-3-5-9-17)30-26(32)24-19-12-13-20(15-19)25(24)27(30)33/h3-13,19-20,22,24-25H,2,14-16H2,1H3,(H,29,31)/t19-,20-,22-,24-,25-/m0/s1.